The molecule has 0 saturated heterocycles. The van der Waals surface area contributed by atoms with Crippen LogP contribution >= 0.6 is 0 Å². The van der Waals surface area contributed by atoms with Crippen LogP contribution in [0.2, 0.25) is 0 Å². The highest BCUT2D eigenvalue weighted by Crippen LogP contribution is 2.16. The van der Waals surface area contributed by atoms with Crippen LogP contribution in [0.5, 0.6) is 0 Å². The first-order valence-corrected chi connectivity index (χ1v) is 6.19. The first-order chi connectivity index (χ1) is 8.69. The maximum atomic E-state index is 5.81. The minimum absolute atomic E-state index is 0.528. The van der Waals surface area contributed by atoms with Gasteiger partial charge in [-0.15, -0.1) is 10.2 Å². The molecule has 98 valence electrons. The fourth-order valence-electron chi connectivity index (χ4n) is 2.16. The Hall–Kier alpha value is -1.76. The van der Waals surface area contributed by atoms with E-state index in [1.54, 1.807) is 7.05 Å². The summed E-state index contributed by atoms with van der Waals surface area (Å²) in [5.41, 5.74) is 9.20. The molecule has 0 aliphatic carbocycles. The Morgan fingerprint density at radius 2 is 1.94 bits per heavy atom. The molecule has 18 heavy (non-hydrogen) atoms. The maximum Gasteiger partial charge on any atom is 0.196 e. The third kappa shape index (κ3) is 2.26. The molecule has 0 aromatic carbocycles. The average Bonchev–Trinajstić information content (AvgIpc) is 2.92. The number of tetrazole rings is 1. The van der Waals surface area contributed by atoms with Crippen LogP contribution in [0.15, 0.2) is 0 Å². The Morgan fingerprint density at radius 1 is 1.17 bits per heavy atom. The second-order valence-corrected chi connectivity index (χ2v) is 4.14. The molecule has 0 unspecified atom stereocenters. The van der Waals surface area contributed by atoms with Crippen molar-refractivity contribution in [3.8, 4) is 0 Å². The van der Waals surface area contributed by atoms with E-state index in [1.807, 2.05) is 4.68 Å². The highest BCUT2D eigenvalue weighted by atomic mass is 15.6. The van der Waals surface area contributed by atoms with Crippen molar-refractivity contribution in [3.63, 3.8) is 0 Å². The van der Waals surface area contributed by atoms with Gasteiger partial charge < -0.3 is 5.73 Å². The van der Waals surface area contributed by atoms with E-state index in [4.69, 9.17) is 5.73 Å². The Labute approximate surface area is 106 Å². The molecule has 2 heterocycles. The number of rotatable bonds is 5. The lowest BCUT2D eigenvalue weighted by Gasteiger charge is -2.04. The summed E-state index contributed by atoms with van der Waals surface area (Å²) in [5.74, 6) is 0.668. The number of nitrogens with zero attached hydrogens (tertiary/aromatic N) is 6. The lowest BCUT2D eigenvalue weighted by molar-refractivity contribution is 0.602. The summed E-state index contributed by atoms with van der Waals surface area (Å²) in [6.07, 6.45) is 1.79. The first-order valence-electron chi connectivity index (χ1n) is 6.19. The number of hydrogen-bond donors (Lipinski definition) is 1. The van der Waals surface area contributed by atoms with E-state index in [9.17, 15) is 0 Å². The van der Waals surface area contributed by atoms with E-state index in [0.29, 0.717) is 18.9 Å². The SMILES string of the molecule is CCc1nn(Cc2nnn(C)n2)c(CC)c1CN. The van der Waals surface area contributed by atoms with Crippen molar-refractivity contribution in [2.24, 2.45) is 12.8 Å². The Balaban J connectivity index is 2.35. The Bertz CT molecular complexity index is 525. The molecule has 2 rings (SSSR count). The first kappa shape index (κ1) is 12.7. The molecule has 0 amide bonds. The van der Waals surface area contributed by atoms with Crippen molar-refractivity contribution < 1.29 is 0 Å². The molecular formula is C11H19N7. The van der Waals surface area contributed by atoms with Crippen LogP contribution in [0.25, 0.3) is 0 Å². The molecule has 0 saturated carbocycles. The zero-order valence-corrected chi connectivity index (χ0v) is 11.1. The summed E-state index contributed by atoms with van der Waals surface area (Å²) in [6, 6.07) is 0. The quantitative estimate of drug-likeness (QED) is 0.808. The summed E-state index contributed by atoms with van der Waals surface area (Å²) in [7, 11) is 1.75. The molecule has 7 heteroatoms. The summed E-state index contributed by atoms with van der Waals surface area (Å²) >= 11 is 0. The van der Waals surface area contributed by atoms with Gasteiger partial charge in [-0.2, -0.15) is 9.90 Å². The van der Waals surface area contributed by atoms with Gasteiger partial charge in [0, 0.05) is 17.8 Å². The fourth-order valence-corrected chi connectivity index (χ4v) is 2.16. The third-order valence-corrected chi connectivity index (χ3v) is 2.96. The van der Waals surface area contributed by atoms with Gasteiger partial charge in [0.25, 0.3) is 0 Å². The van der Waals surface area contributed by atoms with Crippen molar-refractivity contribution in [2.75, 3.05) is 0 Å². The number of aromatic nitrogens is 6. The predicted molar refractivity (Wildman–Crippen MR) is 66.8 cm³/mol. The minimum atomic E-state index is 0.528. The van der Waals surface area contributed by atoms with Crippen LogP contribution < -0.4 is 5.73 Å². The molecule has 0 fully saturated rings. The van der Waals surface area contributed by atoms with Crippen LogP contribution in [0.1, 0.15) is 36.6 Å². The van der Waals surface area contributed by atoms with Gasteiger partial charge in [-0.25, -0.2) is 0 Å². The average molecular weight is 249 g/mol. The van der Waals surface area contributed by atoms with Crippen LogP contribution in [0.3, 0.4) is 0 Å². The Kier molecular flexibility index (Phi) is 3.71. The van der Waals surface area contributed by atoms with Gasteiger partial charge in [-0.3, -0.25) is 4.68 Å². The van der Waals surface area contributed by atoms with Crippen LogP contribution in [0.4, 0.5) is 0 Å². The smallest absolute Gasteiger partial charge is 0.196 e. The molecular weight excluding hydrogens is 230 g/mol. The number of aryl methyl sites for hydroxylation is 2. The lowest BCUT2D eigenvalue weighted by atomic mass is 10.1. The minimum Gasteiger partial charge on any atom is -0.326 e. The van der Waals surface area contributed by atoms with Crippen LogP contribution in [0, 0.1) is 0 Å². The fraction of sp³-hybridized carbons (Fsp3) is 0.636. The molecule has 0 atom stereocenters. The van der Waals surface area contributed by atoms with Crippen molar-refractivity contribution in [1.82, 2.24) is 30.0 Å². The molecule has 0 radical (unpaired) electrons. The van der Waals surface area contributed by atoms with Gasteiger partial charge in [0.2, 0.25) is 0 Å². The van der Waals surface area contributed by atoms with E-state index in [2.05, 4.69) is 34.4 Å². The maximum absolute atomic E-state index is 5.81. The van der Waals surface area contributed by atoms with Gasteiger partial charge in [-0.05, 0) is 18.1 Å². The van der Waals surface area contributed by atoms with Crippen molar-refractivity contribution in [2.45, 2.75) is 39.8 Å². The largest absolute Gasteiger partial charge is 0.326 e. The number of nitrogens with two attached hydrogens (primary N) is 1. The van der Waals surface area contributed by atoms with Crippen molar-refractivity contribution in [3.05, 3.63) is 22.8 Å². The molecule has 0 aliphatic heterocycles. The van der Waals surface area contributed by atoms with E-state index < -0.39 is 0 Å². The topological polar surface area (TPSA) is 87.4 Å². The lowest BCUT2D eigenvalue weighted by Crippen LogP contribution is -2.09. The predicted octanol–water partition coefficient (Wildman–Crippen LogP) is 0.0384. The van der Waals surface area contributed by atoms with Crippen molar-refractivity contribution >= 4 is 0 Å². The van der Waals surface area contributed by atoms with Gasteiger partial charge in [0.15, 0.2) is 5.82 Å². The van der Waals surface area contributed by atoms with Gasteiger partial charge in [-0.1, -0.05) is 13.8 Å². The molecule has 7 nitrogen and oxygen atoms in total. The molecule has 0 spiro atoms. The van der Waals surface area contributed by atoms with Gasteiger partial charge >= 0.3 is 0 Å². The second-order valence-electron chi connectivity index (χ2n) is 4.14. The number of hydrogen-bond acceptors (Lipinski definition) is 5. The van der Waals surface area contributed by atoms with E-state index in [1.165, 1.54) is 10.5 Å². The van der Waals surface area contributed by atoms with Crippen molar-refractivity contribution in [1.29, 1.82) is 0 Å². The van der Waals surface area contributed by atoms with Crippen LogP contribution in [-0.2, 0) is 33.0 Å². The van der Waals surface area contributed by atoms with Crippen LogP contribution in [-0.4, -0.2) is 30.0 Å². The Morgan fingerprint density at radius 3 is 2.44 bits per heavy atom. The van der Waals surface area contributed by atoms with Gasteiger partial charge in [0.05, 0.1) is 12.7 Å². The van der Waals surface area contributed by atoms with E-state index >= 15 is 0 Å². The highest BCUT2D eigenvalue weighted by Gasteiger charge is 2.15. The summed E-state index contributed by atoms with van der Waals surface area (Å²) < 4.78 is 1.94. The second kappa shape index (κ2) is 5.26. The molecule has 2 aromatic heterocycles. The van der Waals surface area contributed by atoms with E-state index in [0.717, 1.165) is 24.1 Å². The summed E-state index contributed by atoms with van der Waals surface area (Å²) in [4.78, 5) is 1.45. The summed E-state index contributed by atoms with van der Waals surface area (Å²) in [6.45, 7) is 5.27. The zero-order valence-electron chi connectivity index (χ0n) is 11.1. The van der Waals surface area contributed by atoms with Gasteiger partial charge in [0.1, 0.15) is 6.54 Å². The molecule has 2 aromatic rings. The van der Waals surface area contributed by atoms with E-state index in [-0.39, 0.29) is 0 Å². The standard InChI is InChI=1S/C11H19N7/c1-4-9-8(6-12)10(5-2)18(14-9)7-11-13-16-17(3)15-11/h4-7,12H2,1-3H3. The summed E-state index contributed by atoms with van der Waals surface area (Å²) in [5, 5.41) is 16.6. The highest BCUT2D eigenvalue weighted by molar-refractivity contribution is 5.26. The third-order valence-electron chi connectivity index (χ3n) is 2.96. The monoisotopic (exact) mass is 249 g/mol. The molecule has 0 aliphatic rings. The molecule has 0 bridgehead atoms. The zero-order chi connectivity index (χ0) is 13.1. The molecule has 2 N–H and O–H groups in total. The normalized spacial score (nSPS) is 11.1.